The topological polar surface area (TPSA) is 190 Å². The molecule has 5 rings (SSSR count). The Morgan fingerprint density at radius 2 is 1.90 bits per heavy atom. The number of Topliss-reactive ketones (excluding diaryl/α,β-unsaturated/α-hetero) is 1. The predicted molar refractivity (Wildman–Crippen MR) is 173 cm³/mol. The molecule has 48 heavy (non-hydrogen) atoms. The van der Waals surface area contributed by atoms with Crippen molar-refractivity contribution in [2.24, 2.45) is 5.73 Å². The molecule has 1 unspecified atom stereocenters. The van der Waals surface area contributed by atoms with E-state index in [-0.39, 0.29) is 53.3 Å². The van der Waals surface area contributed by atoms with Crippen LogP contribution in [0.3, 0.4) is 0 Å². The fourth-order valence-electron chi connectivity index (χ4n) is 5.75. The number of allylic oxidation sites excluding steroid dienone is 2. The van der Waals surface area contributed by atoms with Crippen LogP contribution in [0.25, 0.3) is 11.0 Å². The molecule has 0 radical (unpaired) electrons. The molecule has 1 amide bonds. The molecule has 5 atom stereocenters. The molecule has 2 aliphatic heterocycles. The van der Waals surface area contributed by atoms with Gasteiger partial charge in [-0.25, -0.2) is 9.59 Å². The minimum Gasteiger partial charge on any atom is -0.508 e. The largest absolute Gasteiger partial charge is 0.508 e. The van der Waals surface area contributed by atoms with E-state index in [2.05, 4.69) is 0 Å². The Kier molecular flexibility index (Phi) is 10.2. The number of hydrogen-bond acceptors (Lipinski definition) is 12. The van der Waals surface area contributed by atoms with Crippen LogP contribution in [0.2, 0.25) is 0 Å². The first-order chi connectivity index (χ1) is 22.7. The molecular weight excluding hydrogens is 626 g/mol. The van der Waals surface area contributed by atoms with E-state index in [9.17, 15) is 24.6 Å². The molecule has 13 nitrogen and oxygen atoms in total. The van der Waals surface area contributed by atoms with Gasteiger partial charge >= 0.3 is 11.7 Å². The average molecular weight is 668 g/mol. The number of aliphatic hydroxyl groups is 1. The molecule has 1 aromatic heterocycles. The number of ketones is 1. The number of epoxide rings is 1. The minimum atomic E-state index is -1.49. The lowest BCUT2D eigenvalue weighted by molar-refractivity contribution is -0.304. The molecule has 2 aliphatic rings. The number of fused-ring (bicyclic) bond motifs is 1. The summed E-state index contributed by atoms with van der Waals surface area (Å²) in [6.07, 6.45) is -4.07. The van der Waals surface area contributed by atoms with Crippen LogP contribution >= 0.6 is 0 Å². The fraction of sp³-hybridized carbons (Fsp3) is 0.457. The van der Waals surface area contributed by atoms with E-state index in [0.717, 1.165) is 5.57 Å². The second-order valence-electron chi connectivity index (χ2n) is 12.7. The van der Waals surface area contributed by atoms with Gasteiger partial charge in [0.1, 0.15) is 41.6 Å². The number of methoxy groups -OCH3 is 1. The summed E-state index contributed by atoms with van der Waals surface area (Å²) in [4.78, 5) is 38.7. The van der Waals surface area contributed by atoms with E-state index in [0.29, 0.717) is 35.1 Å². The van der Waals surface area contributed by atoms with Crippen molar-refractivity contribution < 1.29 is 52.6 Å². The normalized spacial score (nSPS) is 22.9. The van der Waals surface area contributed by atoms with Gasteiger partial charge in [-0.2, -0.15) is 0 Å². The maximum Gasteiger partial charge on any atom is 0.404 e. The number of phenolic OH excluding ortho intramolecular Hbond substituents is 1. The van der Waals surface area contributed by atoms with Crippen molar-refractivity contribution >= 4 is 22.8 Å². The molecular formula is C35H41NO12. The van der Waals surface area contributed by atoms with E-state index >= 15 is 0 Å². The Balaban J connectivity index is 1.49. The first kappa shape index (κ1) is 34.9. The Morgan fingerprint density at radius 3 is 2.54 bits per heavy atom. The summed E-state index contributed by atoms with van der Waals surface area (Å²) in [6, 6.07) is 7.79. The van der Waals surface area contributed by atoms with Crippen LogP contribution in [0.15, 0.2) is 51.2 Å². The van der Waals surface area contributed by atoms with E-state index in [1.807, 2.05) is 19.9 Å². The third-order valence-corrected chi connectivity index (χ3v) is 8.37. The number of ether oxygens (including phenoxy) is 6. The molecule has 0 spiro atoms. The van der Waals surface area contributed by atoms with Gasteiger partial charge in [0.05, 0.1) is 23.2 Å². The van der Waals surface area contributed by atoms with Crippen molar-refractivity contribution in [2.45, 2.75) is 83.8 Å². The predicted octanol–water partition coefficient (Wildman–Crippen LogP) is 3.87. The summed E-state index contributed by atoms with van der Waals surface area (Å²) in [5.41, 5.74) is 5.93. The summed E-state index contributed by atoms with van der Waals surface area (Å²) in [5, 5.41) is 21.8. The first-order valence-corrected chi connectivity index (χ1v) is 15.5. The number of aryl methyl sites for hydroxylation is 1. The monoisotopic (exact) mass is 667 g/mol. The van der Waals surface area contributed by atoms with E-state index < -0.39 is 41.9 Å². The Hall–Kier alpha value is -4.43. The second kappa shape index (κ2) is 14.0. The molecule has 4 N–H and O–H groups in total. The first-order valence-electron chi connectivity index (χ1n) is 15.5. The Bertz CT molecular complexity index is 1790. The lowest BCUT2D eigenvalue weighted by Gasteiger charge is -2.47. The number of nitrogens with two attached hydrogens (primary N) is 1. The maximum absolute atomic E-state index is 13.5. The molecule has 2 fully saturated rings. The van der Waals surface area contributed by atoms with Gasteiger partial charge in [-0.1, -0.05) is 11.6 Å². The molecule has 0 bridgehead atoms. The summed E-state index contributed by atoms with van der Waals surface area (Å²) in [7, 11) is 1.39. The highest BCUT2D eigenvalue weighted by Crippen LogP contribution is 2.38. The standard InChI is InChI=1S/C35H41NO12/c1-17(2)7-8-19-13-20(9-11-24(19)37)25(38)14-23-29(44-16-21-15-43-21)22-10-12-26(18(3)28(22)46-32(23)40)45-33-27(39)30(47-34(36)41)31(42-6)35(4,5)48-33/h7,9-13,21,27,30-31,33,37,39H,8,14-16H2,1-6H3,(H2,36,41)/t21?,27-,30+,31-,33-/m1/s1. The van der Waals surface area contributed by atoms with Crippen LogP contribution in [-0.4, -0.2) is 78.7 Å². The van der Waals surface area contributed by atoms with Gasteiger partial charge in [0, 0.05) is 24.7 Å². The zero-order valence-electron chi connectivity index (χ0n) is 27.7. The van der Waals surface area contributed by atoms with Crippen molar-refractivity contribution in [3.63, 3.8) is 0 Å². The molecule has 0 aliphatic carbocycles. The lowest BCUT2D eigenvalue weighted by atomic mass is 9.89. The number of primary amides is 1. The summed E-state index contributed by atoms with van der Waals surface area (Å²) < 4.78 is 39.9. The highest BCUT2D eigenvalue weighted by atomic mass is 16.7. The summed E-state index contributed by atoms with van der Waals surface area (Å²) in [6.45, 7) is 9.57. The van der Waals surface area contributed by atoms with Gasteiger partial charge in [0.2, 0.25) is 6.29 Å². The molecule has 2 saturated heterocycles. The molecule has 2 aromatic carbocycles. The van der Waals surface area contributed by atoms with Gasteiger partial charge in [-0.15, -0.1) is 0 Å². The average Bonchev–Trinajstić information content (AvgIpc) is 3.85. The lowest BCUT2D eigenvalue weighted by Crippen LogP contribution is -2.65. The Labute approximate surface area is 277 Å². The van der Waals surface area contributed by atoms with Crippen LogP contribution in [0.1, 0.15) is 54.7 Å². The van der Waals surface area contributed by atoms with Crippen molar-refractivity contribution in [2.75, 3.05) is 20.3 Å². The molecule has 13 heteroatoms. The van der Waals surface area contributed by atoms with Crippen LogP contribution in [-0.2, 0) is 31.8 Å². The third kappa shape index (κ3) is 7.49. The van der Waals surface area contributed by atoms with E-state index in [1.54, 1.807) is 39.0 Å². The summed E-state index contributed by atoms with van der Waals surface area (Å²) in [5.74, 6) is 0.0847. The highest BCUT2D eigenvalue weighted by molar-refractivity contribution is 5.99. The van der Waals surface area contributed by atoms with Crippen LogP contribution in [0, 0.1) is 6.92 Å². The quantitative estimate of drug-likeness (QED) is 0.110. The zero-order chi connectivity index (χ0) is 34.9. The maximum atomic E-state index is 13.5. The van der Waals surface area contributed by atoms with Crippen molar-refractivity contribution in [1.29, 1.82) is 0 Å². The van der Waals surface area contributed by atoms with Crippen LogP contribution in [0.4, 0.5) is 4.79 Å². The molecule has 0 saturated carbocycles. The number of carbonyl (C=O) groups excluding carboxylic acids is 2. The summed E-state index contributed by atoms with van der Waals surface area (Å²) >= 11 is 0. The second-order valence-corrected chi connectivity index (χ2v) is 12.7. The SMILES string of the molecule is CO[C@@H]1[C@@H](OC(N)=O)[C@@H](O)[C@H](Oc2ccc3c(OCC4CO4)c(CC(=O)c4ccc(O)c(CC=C(C)C)c4)c(=O)oc3c2C)OC1(C)C. The number of rotatable bonds is 12. The van der Waals surface area contributed by atoms with Crippen molar-refractivity contribution in [3.05, 3.63) is 74.7 Å². The highest BCUT2D eigenvalue weighted by Gasteiger charge is 2.53. The zero-order valence-corrected chi connectivity index (χ0v) is 27.7. The van der Waals surface area contributed by atoms with Gasteiger partial charge in [0.25, 0.3) is 0 Å². The fourth-order valence-corrected chi connectivity index (χ4v) is 5.75. The van der Waals surface area contributed by atoms with Gasteiger partial charge in [-0.05, 0) is 76.9 Å². The number of phenols is 1. The smallest absolute Gasteiger partial charge is 0.404 e. The van der Waals surface area contributed by atoms with Crippen LogP contribution in [0.5, 0.6) is 17.2 Å². The Morgan fingerprint density at radius 1 is 1.17 bits per heavy atom. The number of hydrogen-bond donors (Lipinski definition) is 3. The van der Waals surface area contributed by atoms with Gasteiger partial charge in [0.15, 0.2) is 18.0 Å². The van der Waals surface area contributed by atoms with Crippen molar-refractivity contribution in [1.82, 2.24) is 0 Å². The van der Waals surface area contributed by atoms with Gasteiger partial charge < -0.3 is 48.8 Å². The molecule has 258 valence electrons. The van der Waals surface area contributed by atoms with Gasteiger partial charge in [-0.3, -0.25) is 4.79 Å². The van der Waals surface area contributed by atoms with E-state index in [4.69, 9.17) is 38.6 Å². The molecule has 3 heterocycles. The minimum absolute atomic E-state index is 0.0324. The van der Waals surface area contributed by atoms with E-state index in [1.165, 1.54) is 19.2 Å². The number of aliphatic hydroxyl groups excluding tert-OH is 1. The number of carbonyl (C=O) groups is 2. The van der Waals surface area contributed by atoms with Crippen molar-refractivity contribution in [3.8, 4) is 17.2 Å². The third-order valence-electron chi connectivity index (χ3n) is 8.37. The number of aromatic hydroxyl groups is 1. The number of amides is 1. The van der Waals surface area contributed by atoms with Crippen LogP contribution < -0.4 is 20.8 Å². The molecule has 3 aromatic rings. The number of benzene rings is 2.